The molecule has 1 N–H and O–H groups in total. The van der Waals surface area contributed by atoms with Crippen LogP contribution >= 0.6 is 0 Å². The molecule has 0 aliphatic carbocycles. The van der Waals surface area contributed by atoms with Crippen molar-refractivity contribution in [2.45, 2.75) is 18.9 Å². The topological polar surface area (TPSA) is 42.7 Å². The van der Waals surface area contributed by atoms with Crippen LogP contribution in [0.25, 0.3) is 32.8 Å². The van der Waals surface area contributed by atoms with Crippen LogP contribution in [0.4, 0.5) is 4.39 Å². The Morgan fingerprint density at radius 1 is 0.962 bits per heavy atom. The quantitative estimate of drug-likeness (QED) is 0.588. The normalized spacial score (nSPS) is 15.7. The fraction of sp³-hybridized carbons (Fsp3) is 0.238. The summed E-state index contributed by atoms with van der Waals surface area (Å²) in [7, 11) is 0. The first-order chi connectivity index (χ1) is 12.8. The van der Waals surface area contributed by atoms with Crippen LogP contribution in [0.2, 0.25) is 0 Å². The van der Waals surface area contributed by atoms with Gasteiger partial charge in [-0.3, -0.25) is 9.67 Å². The molecule has 2 aromatic carbocycles. The third kappa shape index (κ3) is 2.65. The lowest BCUT2D eigenvalue weighted by Gasteiger charge is -2.22. The summed E-state index contributed by atoms with van der Waals surface area (Å²) < 4.78 is 16.7. The molecule has 3 heterocycles. The minimum Gasteiger partial charge on any atom is -0.317 e. The Morgan fingerprint density at radius 3 is 2.69 bits per heavy atom. The van der Waals surface area contributed by atoms with E-state index < -0.39 is 0 Å². The monoisotopic (exact) mass is 346 g/mol. The molecule has 0 radical (unpaired) electrons. The standard InChI is InChI=1S/C21H19FN4/c22-20-11-17(14-1-2-16-12-24-6-3-15(16)9-14)10-18-13-26(25-21(18)20)19-4-7-23-8-5-19/h1-3,6,9-13,19,23H,4-5,7-8H2. The lowest BCUT2D eigenvalue weighted by molar-refractivity contribution is 0.344. The molecule has 0 atom stereocenters. The molecule has 0 spiro atoms. The smallest absolute Gasteiger partial charge is 0.151 e. The van der Waals surface area contributed by atoms with Crippen molar-refractivity contribution >= 4 is 21.7 Å². The molecule has 1 fully saturated rings. The first-order valence-electron chi connectivity index (χ1n) is 9.01. The SMILES string of the molecule is Fc1cc(-c2ccc3cnccc3c2)cc2cn(C3CCNCC3)nc12. The van der Waals surface area contributed by atoms with E-state index in [2.05, 4.69) is 21.5 Å². The number of aromatic nitrogens is 3. The van der Waals surface area contributed by atoms with Crippen LogP contribution in [0.3, 0.4) is 0 Å². The summed E-state index contributed by atoms with van der Waals surface area (Å²) in [5.74, 6) is -0.264. The van der Waals surface area contributed by atoms with Crippen molar-refractivity contribution < 1.29 is 4.39 Å². The number of piperidine rings is 1. The van der Waals surface area contributed by atoms with E-state index in [9.17, 15) is 4.39 Å². The van der Waals surface area contributed by atoms with Crippen LogP contribution in [-0.4, -0.2) is 27.9 Å². The van der Waals surface area contributed by atoms with E-state index in [1.54, 1.807) is 12.3 Å². The summed E-state index contributed by atoms with van der Waals surface area (Å²) in [6.07, 6.45) is 7.66. The highest BCUT2D eigenvalue weighted by molar-refractivity contribution is 5.89. The minimum absolute atomic E-state index is 0.264. The van der Waals surface area contributed by atoms with Crippen LogP contribution in [0.1, 0.15) is 18.9 Å². The van der Waals surface area contributed by atoms with Gasteiger partial charge in [0, 0.05) is 29.4 Å². The second kappa shape index (κ2) is 6.18. The third-order valence-electron chi connectivity index (χ3n) is 5.24. The predicted octanol–water partition coefficient (Wildman–Crippen LogP) is 4.32. The Morgan fingerprint density at radius 2 is 1.81 bits per heavy atom. The number of halogens is 1. The Kier molecular flexibility index (Phi) is 3.68. The number of hydrogen-bond donors (Lipinski definition) is 1. The Labute approximate surface area is 150 Å². The zero-order chi connectivity index (χ0) is 17.5. The molecule has 1 aliphatic heterocycles. The van der Waals surface area contributed by atoms with Gasteiger partial charge >= 0.3 is 0 Å². The maximum Gasteiger partial charge on any atom is 0.151 e. The molecule has 1 saturated heterocycles. The maximum atomic E-state index is 14.7. The fourth-order valence-corrected chi connectivity index (χ4v) is 3.80. The van der Waals surface area contributed by atoms with Crippen LogP contribution in [0.15, 0.2) is 55.0 Å². The lowest BCUT2D eigenvalue weighted by atomic mass is 10.0. The molecular formula is C21H19FN4. The van der Waals surface area contributed by atoms with E-state index in [4.69, 9.17) is 0 Å². The number of nitrogens with one attached hydrogen (secondary N) is 1. The van der Waals surface area contributed by atoms with Gasteiger partial charge < -0.3 is 5.32 Å². The number of rotatable bonds is 2. The van der Waals surface area contributed by atoms with Gasteiger partial charge in [0.05, 0.1) is 6.04 Å². The average Bonchev–Trinajstić information content (AvgIpc) is 3.13. The van der Waals surface area contributed by atoms with Gasteiger partial charge in [0.2, 0.25) is 0 Å². The molecule has 5 rings (SSSR count). The second-order valence-electron chi connectivity index (χ2n) is 6.92. The summed E-state index contributed by atoms with van der Waals surface area (Å²) in [5, 5.41) is 10.9. The van der Waals surface area contributed by atoms with E-state index in [1.165, 1.54) is 0 Å². The molecule has 0 unspecified atom stereocenters. The number of hydrogen-bond acceptors (Lipinski definition) is 3. The van der Waals surface area contributed by atoms with E-state index in [-0.39, 0.29) is 5.82 Å². The molecule has 4 aromatic rings. The van der Waals surface area contributed by atoms with Crippen LogP contribution in [0.5, 0.6) is 0 Å². The highest BCUT2D eigenvalue weighted by Gasteiger charge is 2.18. The number of benzene rings is 2. The van der Waals surface area contributed by atoms with E-state index >= 15 is 0 Å². The van der Waals surface area contributed by atoms with E-state index in [1.807, 2.05) is 41.3 Å². The van der Waals surface area contributed by atoms with E-state index in [0.29, 0.717) is 11.6 Å². The molecule has 5 heteroatoms. The number of fused-ring (bicyclic) bond motifs is 2. The van der Waals surface area contributed by atoms with Crippen molar-refractivity contribution in [3.8, 4) is 11.1 Å². The van der Waals surface area contributed by atoms with Gasteiger partial charge in [0.15, 0.2) is 5.82 Å². The summed E-state index contributed by atoms with van der Waals surface area (Å²) in [5.41, 5.74) is 2.33. The zero-order valence-electron chi connectivity index (χ0n) is 14.3. The van der Waals surface area contributed by atoms with Gasteiger partial charge in [-0.25, -0.2) is 4.39 Å². The van der Waals surface area contributed by atoms with Gasteiger partial charge in [-0.05, 0) is 66.7 Å². The summed E-state index contributed by atoms with van der Waals surface area (Å²) in [6, 6.07) is 12.1. The van der Waals surface area contributed by atoms with Crippen molar-refractivity contribution in [1.29, 1.82) is 0 Å². The van der Waals surface area contributed by atoms with Crippen LogP contribution < -0.4 is 5.32 Å². The van der Waals surface area contributed by atoms with Gasteiger partial charge in [-0.15, -0.1) is 0 Å². The maximum absolute atomic E-state index is 14.7. The molecular weight excluding hydrogens is 327 g/mol. The molecule has 26 heavy (non-hydrogen) atoms. The lowest BCUT2D eigenvalue weighted by Crippen LogP contribution is -2.29. The number of pyridine rings is 1. The average molecular weight is 346 g/mol. The molecule has 4 nitrogen and oxygen atoms in total. The van der Waals surface area contributed by atoms with Crippen molar-refractivity contribution in [1.82, 2.24) is 20.1 Å². The summed E-state index contributed by atoms with van der Waals surface area (Å²) in [6.45, 7) is 1.97. The molecule has 0 saturated carbocycles. The molecule has 0 amide bonds. The van der Waals surface area contributed by atoms with Gasteiger partial charge in [-0.1, -0.05) is 12.1 Å². The third-order valence-corrected chi connectivity index (χ3v) is 5.24. The Balaban J connectivity index is 1.59. The van der Waals surface area contributed by atoms with Gasteiger partial charge in [0.1, 0.15) is 5.52 Å². The van der Waals surface area contributed by atoms with Crippen molar-refractivity contribution in [3.05, 3.63) is 60.8 Å². The van der Waals surface area contributed by atoms with Crippen molar-refractivity contribution in [2.24, 2.45) is 0 Å². The second-order valence-corrected chi connectivity index (χ2v) is 6.92. The highest BCUT2D eigenvalue weighted by Crippen LogP contribution is 2.30. The molecule has 0 bridgehead atoms. The van der Waals surface area contributed by atoms with Gasteiger partial charge in [0.25, 0.3) is 0 Å². The molecule has 2 aromatic heterocycles. The van der Waals surface area contributed by atoms with Gasteiger partial charge in [-0.2, -0.15) is 5.10 Å². The first-order valence-corrected chi connectivity index (χ1v) is 9.01. The largest absolute Gasteiger partial charge is 0.317 e. The predicted molar refractivity (Wildman–Crippen MR) is 102 cm³/mol. The molecule has 130 valence electrons. The Bertz CT molecular complexity index is 1100. The van der Waals surface area contributed by atoms with Crippen molar-refractivity contribution in [3.63, 3.8) is 0 Å². The number of nitrogens with zero attached hydrogens (tertiary/aromatic N) is 3. The first kappa shape index (κ1) is 15.5. The van der Waals surface area contributed by atoms with Crippen LogP contribution in [0, 0.1) is 5.82 Å². The zero-order valence-corrected chi connectivity index (χ0v) is 14.3. The minimum atomic E-state index is -0.264. The van der Waals surface area contributed by atoms with Crippen LogP contribution in [-0.2, 0) is 0 Å². The summed E-state index contributed by atoms with van der Waals surface area (Å²) >= 11 is 0. The molecule has 1 aliphatic rings. The highest BCUT2D eigenvalue weighted by atomic mass is 19.1. The van der Waals surface area contributed by atoms with E-state index in [0.717, 1.165) is 53.2 Å². The van der Waals surface area contributed by atoms with Crippen molar-refractivity contribution in [2.75, 3.05) is 13.1 Å². The summed E-state index contributed by atoms with van der Waals surface area (Å²) in [4.78, 5) is 4.14. The Hall–Kier alpha value is -2.79. The fourth-order valence-electron chi connectivity index (χ4n) is 3.80.